The number of hydrogen-bond donors (Lipinski definition) is 1. The second-order valence-corrected chi connectivity index (χ2v) is 9.87. The molecule has 0 aliphatic rings. The fraction of sp³-hybridized carbons (Fsp3) is 0.0741. The van der Waals surface area contributed by atoms with Gasteiger partial charge in [0, 0.05) is 17.4 Å². The molecule has 0 amide bonds. The SMILES string of the molecule is Cc1cc(C)n(-c2ccc(Oc3ccc(NS(=O)(=O)c4ccc(-c5ccccc5)cc4)cc3)nn2)n1. The summed E-state index contributed by atoms with van der Waals surface area (Å²) >= 11 is 0. The quantitative estimate of drug-likeness (QED) is 0.317. The van der Waals surface area contributed by atoms with E-state index in [1.807, 2.05) is 50.2 Å². The molecule has 8 nitrogen and oxygen atoms in total. The predicted molar refractivity (Wildman–Crippen MR) is 138 cm³/mol. The van der Waals surface area contributed by atoms with Crippen molar-refractivity contribution in [1.82, 2.24) is 20.0 Å². The van der Waals surface area contributed by atoms with E-state index in [-0.39, 0.29) is 4.90 Å². The number of sulfonamides is 1. The van der Waals surface area contributed by atoms with Crippen molar-refractivity contribution in [2.24, 2.45) is 0 Å². The van der Waals surface area contributed by atoms with Gasteiger partial charge < -0.3 is 4.74 Å². The normalized spacial score (nSPS) is 11.3. The number of ether oxygens (including phenoxy) is 1. The standard InChI is InChI=1S/C27H23N5O3S/c1-19-18-20(2)32(30-19)26-16-17-27(29-28-26)35-24-12-10-23(11-13-24)31-36(33,34)25-14-8-22(9-15-25)21-6-4-3-5-7-21/h3-18,31H,1-2H3. The average molecular weight is 498 g/mol. The molecule has 0 fully saturated rings. The third-order valence-corrected chi connectivity index (χ3v) is 6.85. The first-order valence-corrected chi connectivity index (χ1v) is 12.7. The van der Waals surface area contributed by atoms with Gasteiger partial charge in [-0.15, -0.1) is 10.2 Å². The van der Waals surface area contributed by atoms with Crippen molar-refractivity contribution in [2.45, 2.75) is 18.7 Å². The van der Waals surface area contributed by atoms with Gasteiger partial charge in [-0.3, -0.25) is 4.72 Å². The fourth-order valence-electron chi connectivity index (χ4n) is 3.72. The minimum atomic E-state index is -3.74. The van der Waals surface area contributed by atoms with Gasteiger partial charge in [-0.25, -0.2) is 13.1 Å². The highest BCUT2D eigenvalue weighted by Gasteiger charge is 2.14. The molecular formula is C27H23N5O3S. The summed E-state index contributed by atoms with van der Waals surface area (Å²) in [6.07, 6.45) is 0. The van der Waals surface area contributed by atoms with Crippen LogP contribution in [0.5, 0.6) is 11.6 Å². The van der Waals surface area contributed by atoms with Gasteiger partial charge in [-0.1, -0.05) is 42.5 Å². The van der Waals surface area contributed by atoms with Gasteiger partial charge in [0.15, 0.2) is 5.82 Å². The van der Waals surface area contributed by atoms with Gasteiger partial charge in [-0.2, -0.15) is 5.10 Å². The molecule has 1 N–H and O–H groups in total. The van der Waals surface area contributed by atoms with Gasteiger partial charge in [0.25, 0.3) is 10.0 Å². The van der Waals surface area contributed by atoms with Crippen molar-refractivity contribution in [2.75, 3.05) is 4.72 Å². The van der Waals surface area contributed by atoms with Gasteiger partial charge in [0.05, 0.1) is 10.6 Å². The summed E-state index contributed by atoms with van der Waals surface area (Å²) in [5, 5.41) is 12.7. The first kappa shape index (κ1) is 23.3. The Hall–Kier alpha value is -4.50. The number of benzene rings is 3. The van der Waals surface area contributed by atoms with E-state index in [1.165, 1.54) is 0 Å². The van der Waals surface area contributed by atoms with E-state index in [0.29, 0.717) is 23.1 Å². The Kier molecular flexibility index (Phi) is 6.22. The van der Waals surface area contributed by atoms with Crippen molar-refractivity contribution in [3.63, 3.8) is 0 Å². The van der Waals surface area contributed by atoms with Crippen LogP contribution < -0.4 is 9.46 Å². The lowest BCUT2D eigenvalue weighted by Gasteiger charge is -2.10. The van der Waals surface area contributed by atoms with Crippen LogP contribution in [0.3, 0.4) is 0 Å². The first-order chi connectivity index (χ1) is 17.4. The summed E-state index contributed by atoms with van der Waals surface area (Å²) < 4.78 is 35.7. The van der Waals surface area contributed by atoms with Gasteiger partial charge in [0.2, 0.25) is 5.88 Å². The lowest BCUT2D eigenvalue weighted by molar-refractivity contribution is 0.454. The molecule has 3 aromatic carbocycles. The highest BCUT2D eigenvalue weighted by atomic mass is 32.2. The molecule has 0 aliphatic heterocycles. The van der Waals surface area contributed by atoms with Crippen LogP contribution in [0.1, 0.15) is 11.4 Å². The first-order valence-electron chi connectivity index (χ1n) is 11.2. The molecule has 5 rings (SSSR count). The molecule has 0 unspecified atom stereocenters. The molecule has 2 heterocycles. The molecule has 180 valence electrons. The summed E-state index contributed by atoms with van der Waals surface area (Å²) in [6, 6.07) is 28.6. The van der Waals surface area contributed by atoms with Crippen LogP contribution in [-0.4, -0.2) is 28.4 Å². The maximum Gasteiger partial charge on any atom is 0.261 e. The topological polar surface area (TPSA) is 99.0 Å². The second-order valence-electron chi connectivity index (χ2n) is 8.19. The van der Waals surface area contributed by atoms with Crippen LogP contribution in [0.15, 0.2) is 102 Å². The molecule has 0 saturated heterocycles. The maximum atomic E-state index is 12.8. The number of aromatic nitrogens is 4. The average Bonchev–Trinajstić information content (AvgIpc) is 3.24. The summed E-state index contributed by atoms with van der Waals surface area (Å²) in [5.41, 5.74) is 4.24. The zero-order valence-corrected chi connectivity index (χ0v) is 20.5. The molecule has 36 heavy (non-hydrogen) atoms. The largest absolute Gasteiger partial charge is 0.438 e. The molecule has 9 heteroatoms. The summed E-state index contributed by atoms with van der Waals surface area (Å²) in [4.78, 5) is 0.181. The Morgan fingerprint density at radius 1 is 0.778 bits per heavy atom. The molecular weight excluding hydrogens is 474 g/mol. The van der Waals surface area contributed by atoms with E-state index >= 15 is 0 Å². The second kappa shape index (κ2) is 9.63. The predicted octanol–water partition coefficient (Wildman–Crippen LogP) is 5.54. The number of nitrogens with one attached hydrogen (secondary N) is 1. The van der Waals surface area contributed by atoms with E-state index in [0.717, 1.165) is 22.5 Å². The van der Waals surface area contributed by atoms with Crippen LogP contribution in [0.4, 0.5) is 5.69 Å². The van der Waals surface area contributed by atoms with E-state index in [1.54, 1.807) is 65.3 Å². The number of nitrogens with zero attached hydrogens (tertiary/aromatic N) is 4. The Balaban J connectivity index is 1.24. The Labute approximate surface area is 209 Å². The van der Waals surface area contributed by atoms with Crippen molar-refractivity contribution in [3.8, 4) is 28.6 Å². The lowest BCUT2D eigenvalue weighted by Crippen LogP contribution is -2.12. The molecule has 0 bridgehead atoms. The summed E-state index contributed by atoms with van der Waals surface area (Å²) in [7, 11) is -3.74. The van der Waals surface area contributed by atoms with Crippen molar-refractivity contribution < 1.29 is 13.2 Å². The van der Waals surface area contributed by atoms with Crippen LogP contribution in [0.25, 0.3) is 16.9 Å². The van der Waals surface area contributed by atoms with Crippen LogP contribution in [0, 0.1) is 13.8 Å². The number of aryl methyl sites for hydroxylation is 2. The molecule has 0 spiro atoms. The smallest absolute Gasteiger partial charge is 0.261 e. The molecule has 0 saturated carbocycles. The van der Waals surface area contributed by atoms with Gasteiger partial charge in [0.1, 0.15) is 5.75 Å². The highest BCUT2D eigenvalue weighted by Crippen LogP contribution is 2.25. The number of rotatable bonds is 7. The molecule has 0 atom stereocenters. The summed E-state index contributed by atoms with van der Waals surface area (Å²) in [5.74, 6) is 1.40. The Morgan fingerprint density at radius 3 is 2.08 bits per heavy atom. The Morgan fingerprint density at radius 2 is 1.47 bits per heavy atom. The van der Waals surface area contributed by atoms with Crippen LogP contribution in [0.2, 0.25) is 0 Å². The Bertz CT molecular complexity index is 1580. The van der Waals surface area contributed by atoms with E-state index in [4.69, 9.17) is 4.74 Å². The number of hydrogen-bond acceptors (Lipinski definition) is 6. The van der Waals surface area contributed by atoms with Crippen molar-refractivity contribution in [3.05, 3.63) is 108 Å². The van der Waals surface area contributed by atoms with Crippen LogP contribution >= 0.6 is 0 Å². The zero-order chi connectivity index (χ0) is 25.1. The minimum absolute atomic E-state index is 0.181. The lowest BCUT2D eigenvalue weighted by atomic mass is 10.1. The van der Waals surface area contributed by atoms with E-state index < -0.39 is 10.0 Å². The van der Waals surface area contributed by atoms with Crippen molar-refractivity contribution in [1.29, 1.82) is 0 Å². The zero-order valence-electron chi connectivity index (χ0n) is 19.7. The van der Waals surface area contributed by atoms with E-state index in [9.17, 15) is 8.42 Å². The van der Waals surface area contributed by atoms with Gasteiger partial charge >= 0.3 is 0 Å². The molecule has 0 radical (unpaired) electrons. The maximum absolute atomic E-state index is 12.8. The minimum Gasteiger partial charge on any atom is -0.438 e. The molecule has 5 aromatic rings. The van der Waals surface area contributed by atoms with Gasteiger partial charge in [-0.05, 0) is 73.5 Å². The third kappa shape index (κ3) is 5.11. The monoisotopic (exact) mass is 497 g/mol. The van der Waals surface area contributed by atoms with Crippen LogP contribution in [-0.2, 0) is 10.0 Å². The van der Waals surface area contributed by atoms with E-state index in [2.05, 4.69) is 20.0 Å². The number of anilines is 1. The molecule has 2 aromatic heterocycles. The fourth-order valence-corrected chi connectivity index (χ4v) is 4.78. The summed E-state index contributed by atoms with van der Waals surface area (Å²) in [6.45, 7) is 3.86. The third-order valence-electron chi connectivity index (χ3n) is 5.45. The molecule has 0 aliphatic carbocycles. The van der Waals surface area contributed by atoms with Crippen molar-refractivity contribution >= 4 is 15.7 Å². The highest BCUT2D eigenvalue weighted by molar-refractivity contribution is 7.92.